The van der Waals surface area contributed by atoms with E-state index in [1.807, 2.05) is 6.92 Å². The summed E-state index contributed by atoms with van der Waals surface area (Å²) in [4.78, 5) is 15.6. The zero-order valence-corrected chi connectivity index (χ0v) is 9.42. The molecular formula is C11H16N4O. The molecule has 0 saturated heterocycles. The summed E-state index contributed by atoms with van der Waals surface area (Å²) in [5, 5.41) is 9.29. The van der Waals surface area contributed by atoms with Gasteiger partial charge in [0.1, 0.15) is 5.82 Å². The van der Waals surface area contributed by atoms with Gasteiger partial charge in [0.05, 0.1) is 0 Å². The van der Waals surface area contributed by atoms with E-state index in [1.165, 1.54) is 0 Å². The Morgan fingerprint density at radius 2 is 2.44 bits per heavy atom. The highest BCUT2D eigenvalue weighted by Crippen LogP contribution is 1.96. The van der Waals surface area contributed by atoms with Crippen molar-refractivity contribution in [2.45, 2.75) is 32.6 Å². The molecule has 1 aromatic heterocycles. The predicted molar refractivity (Wildman–Crippen MR) is 60.8 cm³/mol. The molecule has 5 heteroatoms. The number of rotatable bonds is 6. The van der Waals surface area contributed by atoms with E-state index in [0.29, 0.717) is 13.0 Å². The summed E-state index contributed by atoms with van der Waals surface area (Å²) in [6, 6.07) is 0. The van der Waals surface area contributed by atoms with Gasteiger partial charge in [-0.15, -0.1) is 17.4 Å². The van der Waals surface area contributed by atoms with E-state index in [0.717, 1.165) is 25.1 Å². The lowest BCUT2D eigenvalue weighted by Crippen LogP contribution is -2.25. The van der Waals surface area contributed by atoms with Gasteiger partial charge in [-0.3, -0.25) is 9.89 Å². The van der Waals surface area contributed by atoms with Crippen molar-refractivity contribution >= 4 is 5.91 Å². The van der Waals surface area contributed by atoms with Gasteiger partial charge in [-0.25, -0.2) is 4.98 Å². The van der Waals surface area contributed by atoms with E-state index < -0.39 is 0 Å². The molecule has 5 nitrogen and oxygen atoms in total. The van der Waals surface area contributed by atoms with Gasteiger partial charge in [0.2, 0.25) is 5.82 Å². The molecule has 0 spiro atoms. The average Bonchev–Trinajstić information content (AvgIpc) is 2.73. The third-order valence-corrected chi connectivity index (χ3v) is 2.01. The monoisotopic (exact) mass is 220 g/mol. The third kappa shape index (κ3) is 3.73. The van der Waals surface area contributed by atoms with Gasteiger partial charge in [-0.2, -0.15) is 0 Å². The summed E-state index contributed by atoms with van der Waals surface area (Å²) < 4.78 is 0. The molecule has 0 radical (unpaired) electrons. The lowest BCUT2D eigenvalue weighted by Gasteiger charge is -1.99. The van der Waals surface area contributed by atoms with Gasteiger partial charge >= 0.3 is 0 Å². The van der Waals surface area contributed by atoms with Crippen molar-refractivity contribution in [3.63, 3.8) is 0 Å². The molecule has 16 heavy (non-hydrogen) atoms. The van der Waals surface area contributed by atoms with E-state index in [-0.39, 0.29) is 11.7 Å². The highest BCUT2D eigenvalue weighted by molar-refractivity contribution is 5.90. The maximum atomic E-state index is 11.5. The van der Waals surface area contributed by atoms with Crippen molar-refractivity contribution in [1.82, 2.24) is 20.5 Å². The standard InChI is InChI=1S/C11H16N4O/c1-3-5-6-8-12-11(16)10-13-9(7-4-2)14-15-10/h1H,4-8H2,2H3,(H,12,16)(H,13,14,15). The minimum atomic E-state index is -0.254. The Kier molecular flexibility index (Phi) is 5.06. The van der Waals surface area contributed by atoms with Crippen LogP contribution in [0.4, 0.5) is 0 Å². The molecule has 0 aliphatic rings. The summed E-state index contributed by atoms with van der Waals surface area (Å²) in [6.45, 7) is 2.60. The fraction of sp³-hybridized carbons (Fsp3) is 0.545. The summed E-state index contributed by atoms with van der Waals surface area (Å²) in [6.07, 6.45) is 8.31. The molecule has 0 aromatic carbocycles. The minimum absolute atomic E-state index is 0.198. The second kappa shape index (κ2) is 6.62. The van der Waals surface area contributed by atoms with Crippen LogP contribution in [0.15, 0.2) is 0 Å². The van der Waals surface area contributed by atoms with Crippen LogP contribution < -0.4 is 5.32 Å². The first-order chi connectivity index (χ1) is 7.77. The predicted octanol–water partition coefficient (Wildman–Crippen LogP) is 0.900. The highest BCUT2D eigenvalue weighted by atomic mass is 16.2. The Morgan fingerprint density at radius 3 is 3.12 bits per heavy atom. The van der Waals surface area contributed by atoms with E-state index >= 15 is 0 Å². The van der Waals surface area contributed by atoms with Crippen molar-refractivity contribution in [2.75, 3.05) is 6.54 Å². The number of aromatic nitrogens is 3. The molecule has 1 aromatic rings. The molecule has 2 N–H and O–H groups in total. The topological polar surface area (TPSA) is 70.7 Å². The number of aryl methyl sites for hydroxylation is 1. The molecule has 0 fully saturated rings. The van der Waals surface area contributed by atoms with Crippen LogP contribution >= 0.6 is 0 Å². The Morgan fingerprint density at radius 1 is 1.62 bits per heavy atom. The maximum Gasteiger partial charge on any atom is 0.290 e. The van der Waals surface area contributed by atoms with Gasteiger partial charge < -0.3 is 5.32 Å². The van der Waals surface area contributed by atoms with Crippen LogP contribution in [-0.2, 0) is 6.42 Å². The molecule has 0 aliphatic heterocycles. The first-order valence-corrected chi connectivity index (χ1v) is 5.40. The molecule has 1 rings (SSSR count). The van der Waals surface area contributed by atoms with Gasteiger partial charge in [-0.1, -0.05) is 6.92 Å². The Bertz CT molecular complexity index is 378. The highest BCUT2D eigenvalue weighted by Gasteiger charge is 2.10. The number of terminal acetylenes is 1. The molecule has 0 bridgehead atoms. The van der Waals surface area contributed by atoms with E-state index in [2.05, 4.69) is 26.4 Å². The van der Waals surface area contributed by atoms with Crippen molar-refractivity contribution in [2.24, 2.45) is 0 Å². The number of H-pyrrole nitrogens is 1. The van der Waals surface area contributed by atoms with Crippen LogP contribution in [0.25, 0.3) is 0 Å². The summed E-state index contributed by atoms with van der Waals surface area (Å²) in [5.41, 5.74) is 0. The number of nitrogens with one attached hydrogen (secondary N) is 2. The smallest absolute Gasteiger partial charge is 0.290 e. The number of hydrogen-bond acceptors (Lipinski definition) is 3. The number of hydrogen-bond donors (Lipinski definition) is 2. The lowest BCUT2D eigenvalue weighted by atomic mass is 10.3. The van der Waals surface area contributed by atoms with Crippen molar-refractivity contribution in [1.29, 1.82) is 0 Å². The molecule has 0 aliphatic carbocycles. The minimum Gasteiger partial charge on any atom is -0.349 e. The molecule has 0 unspecified atom stereocenters. The molecular weight excluding hydrogens is 204 g/mol. The summed E-state index contributed by atoms with van der Waals surface area (Å²) >= 11 is 0. The fourth-order valence-corrected chi connectivity index (χ4v) is 1.22. The van der Waals surface area contributed by atoms with E-state index in [9.17, 15) is 4.79 Å². The number of aromatic amines is 1. The van der Waals surface area contributed by atoms with Gasteiger partial charge in [-0.05, 0) is 12.8 Å². The Balaban J connectivity index is 2.38. The van der Waals surface area contributed by atoms with Crippen LogP contribution in [0.1, 0.15) is 42.6 Å². The largest absolute Gasteiger partial charge is 0.349 e. The van der Waals surface area contributed by atoms with Crippen molar-refractivity contribution in [3.8, 4) is 12.3 Å². The Hall–Kier alpha value is -1.83. The lowest BCUT2D eigenvalue weighted by molar-refractivity contribution is 0.0943. The van der Waals surface area contributed by atoms with E-state index in [4.69, 9.17) is 6.42 Å². The zero-order chi connectivity index (χ0) is 11.8. The second-order valence-corrected chi connectivity index (χ2v) is 3.42. The van der Waals surface area contributed by atoms with E-state index in [1.54, 1.807) is 0 Å². The van der Waals surface area contributed by atoms with Crippen LogP contribution in [0.5, 0.6) is 0 Å². The van der Waals surface area contributed by atoms with Crippen LogP contribution in [0.3, 0.4) is 0 Å². The Labute approximate surface area is 95.0 Å². The molecule has 1 amide bonds. The molecule has 1 heterocycles. The number of carbonyl (C=O) groups is 1. The quantitative estimate of drug-likeness (QED) is 0.552. The van der Waals surface area contributed by atoms with Gasteiger partial charge in [0.25, 0.3) is 5.91 Å². The molecule has 0 saturated carbocycles. The van der Waals surface area contributed by atoms with Crippen LogP contribution in [-0.4, -0.2) is 27.6 Å². The third-order valence-electron chi connectivity index (χ3n) is 2.01. The SMILES string of the molecule is C#CCCCNC(=O)c1n[nH]c(CCC)n1. The summed E-state index contributed by atoms with van der Waals surface area (Å²) in [5.74, 6) is 3.20. The first kappa shape index (κ1) is 12.2. The van der Waals surface area contributed by atoms with Crippen LogP contribution in [0.2, 0.25) is 0 Å². The van der Waals surface area contributed by atoms with Gasteiger partial charge in [0.15, 0.2) is 0 Å². The first-order valence-electron chi connectivity index (χ1n) is 5.40. The number of nitrogens with zero attached hydrogens (tertiary/aromatic N) is 2. The van der Waals surface area contributed by atoms with Crippen LogP contribution in [0, 0.1) is 12.3 Å². The normalized spacial score (nSPS) is 9.75. The summed E-state index contributed by atoms with van der Waals surface area (Å²) in [7, 11) is 0. The van der Waals surface area contributed by atoms with Crippen molar-refractivity contribution < 1.29 is 4.79 Å². The van der Waals surface area contributed by atoms with Gasteiger partial charge in [0, 0.05) is 19.4 Å². The molecule has 86 valence electrons. The average molecular weight is 220 g/mol. The zero-order valence-electron chi connectivity index (χ0n) is 9.42. The number of unbranched alkanes of at least 4 members (excludes halogenated alkanes) is 1. The number of amides is 1. The molecule has 0 atom stereocenters. The fourth-order valence-electron chi connectivity index (χ4n) is 1.22. The second-order valence-electron chi connectivity index (χ2n) is 3.42. The maximum absolute atomic E-state index is 11.5. The van der Waals surface area contributed by atoms with Crippen molar-refractivity contribution in [3.05, 3.63) is 11.6 Å². The number of carbonyl (C=O) groups excluding carboxylic acids is 1.